The third kappa shape index (κ3) is 1.42. The molecule has 0 saturated carbocycles. The van der Waals surface area contributed by atoms with Crippen LogP contribution in [0.25, 0.3) is 10.9 Å². The molecular weight excluding hydrogens is 210 g/mol. The van der Waals surface area contributed by atoms with Gasteiger partial charge >= 0.3 is 6.09 Å². The summed E-state index contributed by atoms with van der Waals surface area (Å²) >= 11 is 0. The van der Waals surface area contributed by atoms with Crippen molar-refractivity contribution in [3.05, 3.63) is 30.0 Å². The lowest BCUT2D eigenvalue weighted by atomic mass is 10.2. The van der Waals surface area contributed by atoms with Crippen LogP contribution in [0.15, 0.2) is 24.4 Å². The highest BCUT2D eigenvalue weighted by molar-refractivity contribution is 6.01. The number of hydrogen-bond donors (Lipinski definition) is 1. The number of carbonyl (C=O) groups is 2. The first-order chi connectivity index (χ1) is 7.67. The van der Waals surface area contributed by atoms with Crippen LogP contribution in [0.5, 0.6) is 5.75 Å². The number of carboxylic acid groups (broad SMARTS) is 1. The Morgan fingerprint density at radius 2 is 2.25 bits per heavy atom. The van der Waals surface area contributed by atoms with Gasteiger partial charge in [-0.25, -0.2) is 4.79 Å². The van der Waals surface area contributed by atoms with Crippen molar-refractivity contribution in [1.82, 2.24) is 4.57 Å². The second kappa shape index (κ2) is 3.69. The molecule has 0 fully saturated rings. The zero-order valence-corrected chi connectivity index (χ0v) is 8.51. The maximum Gasteiger partial charge on any atom is 0.416 e. The number of ether oxygens (including phenoxy) is 1. The van der Waals surface area contributed by atoms with Crippen LogP contribution in [0.2, 0.25) is 0 Å². The number of hydrogen-bond acceptors (Lipinski definition) is 3. The van der Waals surface area contributed by atoms with Crippen LogP contribution in [-0.2, 0) is 0 Å². The van der Waals surface area contributed by atoms with Crippen molar-refractivity contribution in [3.8, 4) is 5.75 Å². The summed E-state index contributed by atoms with van der Waals surface area (Å²) in [5, 5.41) is 9.56. The number of rotatable bonds is 2. The molecule has 0 aliphatic rings. The van der Waals surface area contributed by atoms with Crippen LogP contribution in [0.1, 0.15) is 10.4 Å². The first kappa shape index (κ1) is 10.2. The Balaban J connectivity index is 2.80. The SMILES string of the molecule is COc1ccc2c(C=O)cn(C(=O)O)c2c1. The van der Waals surface area contributed by atoms with Crippen molar-refractivity contribution in [2.24, 2.45) is 0 Å². The van der Waals surface area contributed by atoms with E-state index in [0.29, 0.717) is 28.5 Å². The van der Waals surface area contributed by atoms with E-state index < -0.39 is 6.09 Å². The van der Waals surface area contributed by atoms with Crippen LogP contribution < -0.4 is 4.74 Å². The maximum absolute atomic E-state index is 11.0. The van der Waals surface area contributed by atoms with Crippen LogP contribution in [0.3, 0.4) is 0 Å². The molecule has 1 N–H and O–H groups in total. The number of methoxy groups -OCH3 is 1. The number of aldehydes is 1. The number of carbonyl (C=O) groups excluding carboxylic acids is 1. The number of aromatic nitrogens is 1. The van der Waals surface area contributed by atoms with Gasteiger partial charge in [0.2, 0.25) is 0 Å². The predicted octanol–water partition coefficient (Wildman–Crippen LogP) is 1.99. The molecule has 0 spiro atoms. The molecule has 0 atom stereocenters. The summed E-state index contributed by atoms with van der Waals surface area (Å²) in [6.45, 7) is 0. The van der Waals surface area contributed by atoms with Crippen molar-refractivity contribution in [3.63, 3.8) is 0 Å². The molecule has 1 heterocycles. The van der Waals surface area contributed by atoms with Gasteiger partial charge in [0, 0.05) is 23.2 Å². The van der Waals surface area contributed by atoms with Crippen LogP contribution in [0.4, 0.5) is 4.79 Å². The molecule has 1 aromatic heterocycles. The van der Waals surface area contributed by atoms with Gasteiger partial charge in [-0.1, -0.05) is 0 Å². The Labute approximate surface area is 90.9 Å². The zero-order valence-electron chi connectivity index (χ0n) is 8.51. The van der Waals surface area contributed by atoms with Gasteiger partial charge in [0.05, 0.1) is 12.6 Å². The number of fused-ring (bicyclic) bond motifs is 1. The molecule has 0 aliphatic heterocycles. The van der Waals surface area contributed by atoms with Gasteiger partial charge in [0.1, 0.15) is 5.75 Å². The molecule has 0 unspecified atom stereocenters. The number of benzene rings is 1. The fourth-order valence-corrected chi connectivity index (χ4v) is 1.61. The third-order valence-corrected chi connectivity index (χ3v) is 2.38. The molecule has 16 heavy (non-hydrogen) atoms. The Hall–Kier alpha value is -2.30. The van der Waals surface area contributed by atoms with Crippen molar-refractivity contribution in [1.29, 1.82) is 0 Å². The first-order valence-corrected chi connectivity index (χ1v) is 4.55. The largest absolute Gasteiger partial charge is 0.497 e. The summed E-state index contributed by atoms with van der Waals surface area (Å²) in [6, 6.07) is 4.93. The highest BCUT2D eigenvalue weighted by Gasteiger charge is 2.12. The van der Waals surface area contributed by atoms with Gasteiger partial charge in [-0.2, -0.15) is 0 Å². The van der Waals surface area contributed by atoms with E-state index in [9.17, 15) is 9.59 Å². The van der Waals surface area contributed by atoms with Gasteiger partial charge in [-0.05, 0) is 12.1 Å². The molecule has 5 heteroatoms. The highest BCUT2D eigenvalue weighted by atomic mass is 16.5. The fraction of sp³-hybridized carbons (Fsp3) is 0.0909. The smallest absolute Gasteiger partial charge is 0.416 e. The lowest BCUT2D eigenvalue weighted by molar-refractivity contribution is 0.112. The van der Waals surface area contributed by atoms with Crippen molar-refractivity contribution >= 4 is 23.3 Å². The summed E-state index contributed by atoms with van der Waals surface area (Å²) < 4.78 is 6.01. The minimum Gasteiger partial charge on any atom is -0.497 e. The standard InChI is InChI=1S/C11H9NO4/c1-16-8-2-3-9-7(6-13)5-12(11(14)15)10(9)4-8/h2-6H,1H3,(H,14,15). The quantitative estimate of drug-likeness (QED) is 0.784. The summed E-state index contributed by atoms with van der Waals surface area (Å²) in [6.07, 6.45) is 0.791. The fourth-order valence-electron chi connectivity index (χ4n) is 1.61. The second-order valence-electron chi connectivity index (χ2n) is 3.24. The average molecular weight is 219 g/mol. The molecule has 82 valence electrons. The summed E-state index contributed by atoms with van der Waals surface area (Å²) in [7, 11) is 1.50. The van der Waals surface area contributed by atoms with E-state index in [1.165, 1.54) is 13.3 Å². The average Bonchev–Trinajstić information content (AvgIpc) is 2.66. The summed E-state index contributed by atoms with van der Waals surface area (Å²) in [5.74, 6) is 0.547. The molecule has 0 radical (unpaired) electrons. The van der Waals surface area contributed by atoms with Crippen LogP contribution in [0, 0.1) is 0 Å². The second-order valence-corrected chi connectivity index (χ2v) is 3.24. The summed E-state index contributed by atoms with van der Waals surface area (Å²) in [5.41, 5.74) is 0.786. The maximum atomic E-state index is 11.0. The molecule has 0 saturated heterocycles. The molecule has 2 aromatic rings. The van der Waals surface area contributed by atoms with E-state index in [0.717, 1.165) is 4.57 Å². The van der Waals surface area contributed by atoms with Gasteiger partial charge in [0.15, 0.2) is 6.29 Å². The summed E-state index contributed by atoms with van der Waals surface area (Å²) in [4.78, 5) is 21.7. The van der Waals surface area contributed by atoms with Gasteiger partial charge in [-0.15, -0.1) is 0 Å². The lowest BCUT2D eigenvalue weighted by Gasteiger charge is -2.01. The highest BCUT2D eigenvalue weighted by Crippen LogP contribution is 2.24. The van der Waals surface area contributed by atoms with Crippen molar-refractivity contribution < 1.29 is 19.4 Å². The van der Waals surface area contributed by atoms with Gasteiger partial charge in [-0.3, -0.25) is 9.36 Å². The zero-order chi connectivity index (χ0) is 11.7. The minimum absolute atomic E-state index is 0.347. The normalized spacial score (nSPS) is 10.3. The Morgan fingerprint density at radius 1 is 1.50 bits per heavy atom. The van der Waals surface area contributed by atoms with E-state index >= 15 is 0 Å². The van der Waals surface area contributed by atoms with Crippen LogP contribution >= 0.6 is 0 Å². The van der Waals surface area contributed by atoms with E-state index in [-0.39, 0.29) is 0 Å². The van der Waals surface area contributed by atoms with E-state index in [2.05, 4.69) is 0 Å². The molecule has 0 bridgehead atoms. The molecule has 5 nitrogen and oxygen atoms in total. The molecular formula is C11H9NO4. The number of nitrogens with zero attached hydrogens (tertiary/aromatic N) is 1. The van der Waals surface area contributed by atoms with E-state index in [1.807, 2.05) is 0 Å². The molecule has 0 aliphatic carbocycles. The predicted molar refractivity (Wildman–Crippen MR) is 57.3 cm³/mol. The van der Waals surface area contributed by atoms with E-state index in [1.54, 1.807) is 18.2 Å². The van der Waals surface area contributed by atoms with Gasteiger partial charge in [0.25, 0.3) is 0 Å². The van der Waals surface area contributed by atoms with Crippen LogP contribution in [-0.4, -0.2) is 29.2 Å². The Morgan fingerprint density at radius 3 is 2.81 bits per heavy atom. The monoisotopic (exact) mass is 219 g/mol. The molecule has 0 amide bonds. The Kier molecular flexibility index (Phi) is 2.36. The van der Waals surface area contributed by atoms with Crippen molar-refractivity contribution in [2.45, 2.75) is 0 Å². The van der Waals surface area contributed by atoms with E-state index in [4.69, 9.17) is 9.84 Å². The first-order valence-electron chi connectivity index (χ1n) is 4.55. The third-order valence-electron chi connectivity index (χ3n) is 2.38. The van der Waals surface area contributed by atoms with Gasteiger partial charge < -0.3 is 9.84 Å². The lowest BCUT2D eigenvalue weighted by Crippen LogP contribution is -2.05. The molecule has 2 rings (SSSR count). The minimum atomic E-state index is -1.13. The van der Waals surface area contributed by atoms with Crippen molar-refractivity contribution in [2.75, 3.05) is 7.11 Å². The Bertz CT molecular complexity index is 571. The molecule has 1 aromatic carbocycles. The topological polar surface area (TPSA) is 68.5 Å².